The number of amides is 1. The van der Waals surface area contributed by atoms with Crippen molar-refractivity contribution in [1.82, 2.24) is 4.98 Å². The van der Waals surface area contributed by atoms with Crippen LogP contribution < -0.4 is 9.75 Å². The average molecular weight is 462 g/mol. The van der Waals surface area contributed by atoms with E-state index in [0.717, 1.165) is 26.4 Å². The zero-order chi connectivity index (χ0) is 22.3. The summed E-state index contributed by atoms with van der Waals surface area (Å²) in [5.41, 5.74) is 2.91. The number of fused-ring (bicyclic) bond motifs is 1. The van der Waals surface area contributed by atoms with Crippen LogP contribution in [0.2, 0.25) is 0 Å². The fourth-order valence-corrected chi connectivity index (χ4v) is 4.82. The smallest absolute Gasteiger partial charge is 0.250 e. The highest BCUT2D eigenvalue weighted by atomic mass is 32.2. The standard InChI is InChI=1S/C25H23N3O2S2/c1-18-8-10-19(11-9-18)17-26-28(24(29)14-15-31-21-6-4-3-5-7-21)25-27-22-13-12-20(30-2)16-23(22)32-25/h3-13,16-17H,14-15H2,1-2H3/b26-17+. The molecule has 0 aliphatic heterocycles. The van der Waals surface area contributed by atoms with Crippen molar-refractivity contribution in [2.75, 3.05) is 17.9 Å². The first-order valence-electron chi connectivity index (χ1n) is 10.2. The quantitative estimate of drug-likeness (QED) is 0.179. The molecule has 162 valence electrons. The van der Waals surface area contributed by atoms with Gasteiger partial charge in [-0.25, -0.2) is 4.98 Å². The van der Waals surface area contributed by atoms with E-state index < -0.39 is 0 Å². The molecular formula is C25H23N3O2S2. The van der Waals surface area contributed by atoms with Crippen LogP contribution in [0.3, 0.4) is 0 Å². The Labute approximate surface area is 195 Å². The van der Waals surface area contributed by atoms with Crippen molar-refractivity contribution >= 4 is 50.6 Å². The SMILES string of the molecule is COc1ccc2nc(N(/N=C/c3ccc(C)cc3)C(=O)CCSc3ccccc3)sc2c1. The Kier molecular flexibility index (Phi) is 7.19. The molecule has 32 heavy (non-hydrogen) atoms. The fraction of sp³-hybridized carbons (Fsp3) is 0.160. The minimum atomic E-state index is -0.0946. The molecule has 0 N–H and O–H groups in total. The highest BCUT2D eigenvalue weighted by Gasteiger charge is 2.19. The molecule has 0 radical (unpaired) electrons. The monoisotopic (exact) mass is 461 g/mol. The first-order valence-corrected chi connectivity index (χ1v) is 12.0. The molecule has 4 aromatic rings. The molecule has 1 aromatic heterocycles. The Bertz CT molecular complexity index is 1220. The zero-order valence-corrected chi connectivity index (χ0v) is 19.5. The second kappa shape index (κ2) is 10.4. The largest absolute Gasteiger partial charge is 0.497 e. The van der Waals surface area contributed by atoms with E-state index >= 15 is 0 Å². The zero-order valence-electron chi connectivity index (χ0n) is 17.9. The van der Waals surface area contributed by atoms with Crippen molar-refractivity contribution in [2.45, 2.75) is 18.2 Å². The molecule has 1 heterocycles. The van der Waals surface area contributed by atoms with Crippen molar-refractivity contribution in [3.63, 3.8) is 0 Å². The van der Waals surface area contributed by atoms with Gasteiger partial charge in [0, 0.05) is 17.1 Å². The van der Waals surface area contributed by atoms with Gasteiger partial charge >= 0.3 is 0 Å². The minimum absolute atomic E-state index is 0.0946. The Morgan fingerprint density at radius 1 is 1.12 bits per heavy atom. The second-order valence-electron chi connectivity index (χ2n) is 7.10. The number of rotatable bonds is 8. The summed E-state index contributed by atoms with van der Waals surface area (Å²) >= 11 is 3.08. The molecule has 5 nitrogen and oxygen atoms in total. The topological polar surface area (TPSA) is 54.8 Å². The van der Waals surface area contributed by atoms with E-state index in [2.05, 4.69) is 10.1 Å². The van der Waals surface area contributed by atoms with Crippen LogP contribution in [0.5, 0.6) is 5.75 Å². The number of methoxy groups -OCH3 is 1. The Morgan fingerprint density at radius 2 is 1.91 bits per heavy atom. The van der Waals surface area contributed by atoms with Crippen molar-refractivity contribution in [3.05, 3.63) is 83.9 Å². The number of hydrogen-bond donors (Lipinski definition) is 0. The van der Waals surface area contributed by atoms with Gasteiger partial charge in [-0.2, -0.15) is 10.1 Å². The van der Waals surface area contributed by atoms with Gasteiger partial charge in [-0.15, -0.1) is 11.8 Å². The maximum absolute atomic E-state index is 13.1. The van der Waals surface area contributed by atoms with Crippen LogP contribution in [0, 0.1) is 6.92 Å². The summed E-state index contributed by atoms with van der Waals surface area (Å²) < 4.78 is 6.26. The molecule has 3 aromatic carbocycles. The third-order valence-electron chi connectivity index (χ3n) is 4.73. The highest BCUT2D eigenvalue weighted by Crippen LogP contribution is 2.32. The third kappa shape index (κ3) is 5.55. The van der Waals surface area contributed by atoms with E-state index in [9.17, 15) is 4.79 Å². The lowest BCUT2D eigenvalue weighted by molar-refractivity contribution is -0.118. The van der Waals surface area contributed by atoms with Crippen LogP contribution in [0.1, 0.15) is 17.5 Å². The van der Waals surface area contributed by atoms with Gasteiger partial charge in [0.25, 0.3) is 0 Å². The number of thioether (sulfide) groups is 1. The molecular weight excluding hydrogens is 438 g/mol. The van der Waals surface area contributed by atoms with Gasteiger partial charge in [0.05, 0.1) is 23.5 Å². The molecule has 0 aliphatic carbocycles. The summed E-state index contributed by atoms with van der Waals surface area (Å²) in [5, 5.41) is 6.49. The lowest BCUT2D eigenvalue weighted by atomic mass is 10.2. The Hall–Kier alpha value is -3.16. The normalized spacial score (nSPS) is 11.2. The third-order valence-corrected chi connectivity index (χ3v) is 6.74. The van der Waals surface area contributed by atoms with E-state index in [1.54, 1.807) is 25.1 Å². The first-order chi connectivity index (χ1) is 15.6. The molecule has 0 saturated carbocycles. The summed E-state index contributed by atoms with van der Waals surface area (Å²) in [4.78, 5) is 18.9. The summed E-state index contributed by atoms with van der Waals surface area (Å²) in [6.45, 7) is 2.04. The molecule has 0 bridgehead atoms. The van der Waals surface area contributed by atoms with Gasteiger partial charge in [-0.1, -0.05) is 59.4 Å². The summed E-state index contributed by atoms with van der Waals surface area (Å²) in [7, 11) is 1.63. The first kappa shape index (κ1) is 22.0. The maximum Gasteiger partial charge on any atom is 0.250 e. The number of thiazole rings is 1. The molecule has 0 fully saturated rings. The molecule has 0 unspecified atom stereocenters. The number of hydrazone groups is 1. The predicted molar refractivity (Wildman–Crippen MR) is 134 cm³/mol. The van der Waals surface area contributed by atoms with Gasteiger partial charge in [0.1, 0.15) is 5.75 Å². The molecule has 0 saturated heterocycles. The molecule has 0 atom stereocenters. The predicted octanol–water partition coefficient (Wildman–Crippen LogP) is 6.16. The number of carbonyl (C=O) groups is 1. The van der Waals surface area contributed by atoms with Crippen molar-refractivity contribution < 1.29 is 9.53 Å². The van der Waals surface area contributed by atoms with Gasteiger partial charge in [0.2, 0.25) is 11.0 Å². The number of anilines is 1. The summed E-state index contributed by atoms with van der Waals surface area (Å²) in [6, 6.07) is 23.8. The van der Waals surface area contributed by atoms with E-state index in [1.807, 2.05) is 79.7 Å². The van der Waals surface area contributed by atoms with Crippen LogP contribution in [0.25, 0.3) is 10.2 Å². The Balaban J connectivity index is 1.57. The van der Waals surface area contributed by atoms with Gasteiger partial charge in [0.15, 0.2) is 0 Å². The lowest BCUT2D eigenvalue weighted by Crippen LogP contribution is -2.25. The number of nitrogens with zero attached hydrogens (tertiary/aromatic N) is 3. The molecule has 0 spiro atoms. The molecule has 7 heteroatoms. The van der Waals surface area contributed by atoms with Crippen LogP contribution >= 0.6 is 23.1 Å². The fourth-order valence-electron chi connectivity index (χ4n) is 2.99. The summed E-state index contributed by atoms with van der Waals surface area (Å²) in [5.74, 6) is 1.33. The van der Waals surface area contributed by atoms with Crippen LogP contribution in [0.15, 0.2) is 82.8 Å². The van der Waals surface area contributed by atoms with E-state index in [-0.39, 0.29) is 5.91 Å². The van der Waals surface area contributed by atoms with Gasteiger partial charge < -0.3 is 4.74 Å². The van der Waals surface area contributed by atoms with Crippen molar-refractivity contribution in [2.24, 2.45) is 5.10 Å². The highest BCUT2D eigenvalue weighted by molar-refractivity contribution is 7.99. The van der Waals surface area contributed by atoms with Crippen molar-refractivity contribution in [1.29, 1.82) is 0 Å². The number of ether oxygens (including phenoxy) is 1. The van der Waals surface area contributed by atoms with Crippen LogP contribution in [-0.2, 0) is 4.79 Å². The number of hydrogen-bond acceptors (Lipinski definition) is 6. The second-order valence-corrected chi connectivity index (χ2v) is 9.28. The number of aromatic nitrogens is 1. The summed E-state index contributed by atoms with van der Waals surface area (Å²) in [6.07, 6.45) is 2.05. The number of aryl methyl sites for hydroxylation is 1. The van der Waals surface area contributed by atoms with E-state index in [4.69, 9.17) is 4.74 Å². The van der Waals surface area contributed by atoms with E-state index in [1.165, 1.54) is 21.9 Å². The van der Waals surface area contributed by atoms with E-state index in [0.29, 0.717) is 17.3 Å². The van der Waals surface area contributed by atoms with Crippen LogP contribution in [0.4, 0.5) is 5.13 Å². The maximum atomic E-state index is 13.1. The number of carbonyl (C=O) groups excluding carboxylic acids is 1. The van der Waals surface area contributed by atoms with Gasteiger partial charge in [-0.05, 0) is 42.8 Å². The molecule has 0 aliphatic rings. The molecule has 1 amide bonds. The van der Waals surface area contributed by atoms with Gasteiger partial charge in [-0.3, -0.25) is 4.79 Å². The average Bonchev–Trinajstić information content (AvgIpc) is 3.24. The molecule has 4 rings (SSSR count). The lowest BCUT2D eigenvalue weighted by Gasteiger charge is -2.13. The minimum Gasteiger partial charge on any atom is -0.497 e. The van der Waals surface area contributed by atoms with Crippen molar-refractivity contribution in [3.8, 4) is 5.75 Å². The number of benzene rings is 3. The van der Waals surface area contributed by atoms with Crippen LogP contribution in [-0.4, -0.2) is 30.0 Å². The Morgan fingerprint density at radius 3 is 2.66 bits per heavy atom.